The zero-order chi connectivity index (χ0) is 20.1. The van der Waals surface area contributed by atoms with Crippen LogP contribution in [0.4, 0.5) is 0 Å². The summed E-state index contributed by atoms with van der Waals surface area (Å²) in [4.78, 5) is 27.3. The summed E-state index contributed by atoms with van der Waals surface area (Å²) >= 11 is 0. The van der Waals surface area contributed by atoms with Gasteiger partial charge in [0.1, 0.15) is 0 Å². The quantitative estimate of drug-likeness (QED) is 0.763. The van der Waals surface area contributed by atoms with Crippen LogP contribution in [-0.2, 0) is 9.59 Å². The van der Waals surface area contributed by atoms with Gasteiger partial charge in [0.15, 0.2) is 0 Å². The molecule has 152 valence electrons. The minimum Gasteiger partial charge on any atom is -0.353 e. The predicted molar refractivity (Wildman–Crippen MR) is 113 cm³/mol. The van der Waals surface area contributed by atoms with Crippen LogP contribution < -0.4 is 10.6 Å². The summed E-state index contributed by atoms with van der Waals surface area (Å²) in [6.45, 7) is 2.09. The molecule has 2 aromatic rings. The second kappa shape index (κ2) is 9.23. The molecule has 2 N–H and O–H groups in total. The molecular weight excluding hydrogens is 362 g/mol. The van der Waals surface area contributed by atoms with Gasteiger partial charge < -0.3 is 10.6 Å². The Labute approximate surface area is 172 Å². The Morgan fingerprint density at radius 2 is 1.66 bits per heavy atom. The zero-order valence-corrected chi connectivity index (χ0v) is 16.7. The van der Waals surface area contributed by atoms with E-state index >= 15 is 0 Å². The maximum Gasteiger partial charge on any atom is 0.237 e. The first-order valence-corrected chi connectivity index (χ1v) is 10.6. The molecule has 1 heterocycles. The summed E-state index contributed by atoms with van der Waals surface area (Å²) in [5.41, 5.74) is 2.45. The topological polar surface area (TPSA) is 61.4 Å². The molecule has 29 heavy (non-hydrogen) atoms. The van der Waals surface area contributed by atoms with Crippen LogP contribution in [0.1, 0.15) is 42.7 Å². The van der Waals surface area contributed by atoms with Crippen molar-refractivity contribution in [3.63, 3.8) is 0 Å². The van der Waals surface area contributed by atoms with Gasteiger partial charge in [-0.25, -0.2) is 0 Å². The molecule has 1 saturated carbocycles. The zero-order valence-electron chi connectivity index (χ0n) is 16.7. The maximum absolute atomic E-state index is 12.6. The van der Waals surface area contributed by atoms with E-state index in [0.717, 1.165) is 19.4 Å². The Balaban J connectivity index is 1.52. The standard InChI is InChI=1S/C24H29N3O2/c28-23(26-20-12-7-13-20)16-22-24(29)25-14-15-27(22)17-21(18-8-3-1-4-9-18)19-10-5-2-6-11-19/h1-6,8-11,20-22H,7,12-17H2,(H,25,29)(H,26,28). The molecule has 2 aromatic carbocycles. The summed E-state index contributed by atoms with van der Waals surface area (Å²) < 4.78 is 0. The summed E-state index contributed by atoms with van der Waals surface area (Å²) in [7, 11) is 0. The van der Waals surface area contributed by atoms with E-state index in [0.29, 0.717) is 19.1 Å². The molecule has 2 aliphatic rings. The fourth-order valence-corrected chi connectivity index (χ4v) is 4.23. The molecule has 1 atom stereocenters. The molecule has 2 fully saturated rings. The first-order chi connectivity index (χ1) is 14.2. The highest BCUT2D eigenvalue weighted by Gasteiger charge is 2.34. The molecule has 0 bridgehead atoms. The third-order valence-corrected chi connectivity index (χ3v) is 6.11. The van der Waals surface area contributed by atoms with Gasteiger partial charge in [-0.3, -0.25) is 14.5 Å². The largest absolute Gasteiger partial charge is 0.353 e. The van der Waals surface area contributed by atoms with Crippen molar-refractivity contribution in [2.24, 2.45) is 0 Å². The highest BCUT2D eigenvalue weighted by molar-refractivity contribution is 5.89. The number of piperazine rings is 1. The highest BCUT2D eigenvalue weighted by atomic mass is 16.2. The fraction of sp³-hybridized carbons (Fsp3) is 0.417. The second-order valence-electron chi connectivity index (χ2n) is 8.08. The molecule has 0 aromatic heterocycles. The number of benzene rings is 2. The molecular formula is C24H29N3O2. The predicted octanol–water partition coefficient (Wildman–Crippen LogP) is 2.68. The Morgan fingerprint density at radius 3 is 2.21 bits per heavy atom. The van der Waals surface area contributed by atoms with E-state index in [1.165, 1.54) is 17.5 Å². The van der Waals surface area contributed by atoms with E-state index in [-0.39, 0.29) is 24.2 Å². The smallest absolute Gasteiger partial charge is 0.237 e. The van der Waals surface area contributed by atoms with Crippen LogP contribution in [0.5, 0.6) is 0 Å². The third kappa shape index (κ3) is 4.85. The second-order valence-corrected chi connectivity index (χ2v) is 8.08. The molecule has 2 amide bonds. The SMILES string of the molecule is O=C(CC1C(=O)NCCN1CC(c1ccccc1)c1ccccc1)NC1CCC1. The lowest BCUT2D eigenvalue weighted by atomic mass is 9.89. The molecule has 0 spiro atoms. The molecule has 1 saturated heterocycles. The number of hydrogen-bond donors (Lipinski definition) is 2. The Hall–Kier alpha value is -2.66. The van der Waals surface area contributed by atoms with Crippen LogP contribution in [0.25, 0.3) is 0 Å². The summed E-state index contributed by atoms with van der Waals surface area (Å²) in [6, 6.07) is 20.7. The number of nitrogens with zero attached hydrogens (tertiary/aromatic N) is 1. The highest BCUT2D eigenvalue weighted by Crippen LogP contribution is 2.27. The average Bonchev–Trinajstić information content (AvgIpc) is 2.72. The summed E-state index contributed by atoms with van der Waals surface area (Å²) in [5, 5.41) is 6.02. The molecule has 4 rings (SSSR count). The average molecular weight is 392 g/mol. The van der Waals surface area contributed by atoms with Gasteiger partial charge in [-0.1, -0.05) is 60.7 Å². The molecule has 0 radical (unpaired) electrons. The minimum absolute atomic E-state index is 0.0160. The number of amides is 2. The van der Waals surface area contributed by atoms with Crippen LogP contribution in [0.3, 0.4) is 0 Å². The Morgan fingerprint density at radius 1 is 1.03 bits per heavy atom. The van der Waals surface area contributed by atoms with Gasteiger partial charge in [0, 0.05) is 31.6 Å². The lowest BCUT2D eigenvalue weighted by Crippen LogP contribution is -2.57. The van der Waals surface area contributed by atoms with Crippen molar-refractivity contribution in [3.05, 3.63) is 71.8 Å². The maximum atomic E-state index is 12.6. The monoisotopic (exact) mass is 391 g/mol. The lowest BCUT2D eigenvalue weighted by Gasteiger charge is -2.37. The third-order valence-electron chi connectivity index (χ3n) is 6.11. The van der Waals surface area contributed by atoms with Gasteiger partial charge in [-0.15, -0.1) is 0 Å². The van der Waals surface area contributed by atoms with E-state index in [1.54, 1.807) is 0 Å². The normalized spacial score (nSPS) is 20.2. The van der Waals surface area contributed by atoms with Crippen LogP contribution >= 0.6 is 0 Å². The molecule has 1 aliphatic carbocycles. The number of carbonyl (C=O) groups excluding carboxylic acids is 2. The summed E-state index contributed by atoms with van der Waals surface area (Å²) in [6.07, 6.45) is 3.50. The Bertz CT molecular complexity index is 781. The fourth-order valence-electron chi connectivity index (χ4n) is 4.23. The molecule has 1 unspecified atom stereocenters. The Kier molecular flexibility index (Phi) is 6.25. The van der Waals surface area contributed by atoms with Crippen LogP contribution in [0, 0.1) is 0 Å². The summed E-state index contributed by atoms with van der Waals surface area (Å²) in [5.74, 6) is 0.0955. The van der Waals surface area contributed by atoms with E-state index in [4.69, 9.17) is 0 Å². The van der Waals surface area contributed by atoms with Gasteiger partial charge in [-0.05, 0) is 30.4 Å². The number of hydrogen-bond acceptors (Lipinski definition) is 3. The number of nitrogens with one attached hydrogen (secondary N) is 2. The van der Waals surface area contributed by atoms with E-state index in [9.17, 15) is 9.59 Å². The lowest BCUT2D eigenvalue weighted by molar-refractivity contribution is -0.134. The molecule has 5 nitrogen and oxygen atoms in total. The van der Waals surface area contributed by atoms with Crippen molar-refractivity contribution in [2.45, 2.75) is 43.7 Å². The van der Waals surface area contributed by atoms with Gasteiger partial charge in [0.05, 0.1) is 12.5 Å². The van der Waals surface area contributed by atoms with Gasteiger partial charge in [0.2, 0.25) is 11.8 Å². The van der Waals surface area contributed by atoms with E-state index in [1.807, 2.05) is 12.1 Å². The molecule has 1 aliphatic heterocycles. The van der Waals surface area contributed by atoms with Crippen molar-refractivity contribution < 1.29 is 9.59 Å². The minimum atomic E-state index is -0.418. The van der Waals surface area contributed by atoms with Crippen molar-refractivity contribution in [1.82, 2.24) is 15.5 Å². The van der Waals surface area contributed by atoms with E-state index < -0.39 is 6.04 Å². The van der Waals surface area contributed by atoms with Crippen molar-refractivity contribution in [1.29, 1.82) is 0 Å². The first-order valence-electron chi connectivity index (χ1n) is 10.6. The van der Waals surface area contributed by atoms with Crippen molar-refractivity contribution in [3.8, 4) is 0 Å². The number of rotatable bonds is 7. The van der Waals surface area contributed by atoms with Crippen LogP contribution in [-0.4, -0.2) is 48.4 Å². The first kappa shape index (κ1) is 19.6. The van der Waals surface area contributed by atoms with Crippen LogP contribution in [0.2, 0.25) is 0 Å². The van der Waals surface area contributed by atoms with Crippen LogP contribution in [0.15, 0.2) is 60.7 Å². The van der Waals surface area contributed by atoms with Gasteiger partial charge >= 0.3 is 0 Å². The van der Waals surface area contributed by atoms with E-state index in [2.05, 4.69) is 64.1 Å². The van der Waals surface area contributed by atoms with Crippen molar-refractivity contribution >= 4 is 11.8 Å². The molecule has 5 heteroatoms. The van der Waals surface area contributed by atoms with Crippen molar-refractivity contribution in [2.75, 3.05) is 19.6 Å². The van der Waals surface area contributed by atoms with Gasteiger partial charge in [-0.2, -0.15) is 0 Å². The number of carbonyl (C=O) groups is 2. The van der Waals surface area contributed by atoms with Gasteiger partial charge in [0.25, 0.3) is 0 Å².